The number of aromatic nitrogens is 1. The predicted molar refractivity (Wildman–Crippen MR) is 80.3 cm³/mol. The van der Waals surface area contributed by atoms with Crippen molar-refractivity contribution in [2.45, 2.75) is 19.8 Å². The molecule has 0 aromatic carbocycles. The van der Waals surface area contributed by atoms with Gasteiger partial charge in [0.15, 0.2) is 0 Å². The normalized spacial score (nSPS) is 14.7. The van der Waals surface area contributed by atoms with E-state index in [0.29, 0.717) is 23.3 Å². The van der Waals surface area contributed by atoms with Crippen molar-refractivity contribution in [3.05, 3.63) is 46.7 Å². The van der Waals surface area contributed by atoms with E-state index in [1.165, 1.54) is 5.57 Å². The van der Waals surface area contributed by atoms with Gasteiger partial charge in [0.05, 0.1) is 12.2 Å². The van der Waals surface area contributed by atoms with Crippen molar-refractivity contribution >= 4 is 23.4 Å². The lowest BCUT2D eigenvalue weighted by Crippen LogP contribution is -2.00. The zero-order chi connectivity index (χ0) is 13.7. The molecule has 0 saturated heterocycles. The molecule has 0 saturated carbocycles. The van der Waals surface area contributed by atoms with Gasteiger partial charge >= 0.3 is 0 Å². The molecule has 0 bridgehead atoms. The van der Waals surface area contributed by atoms with Crippen LogP contribution in [0.15, 0.2) is 35.9 Å². The number of nitrogens with two attached hydrogens (primary N) is 1. The molecule has 0 unspecified atom stereocenters. The summed E-state index contributed by atoms with van der Waals surface area (Å²) in [5.74, 6) is 0.476. The fraction of sp³-hybridized carbons (Fsp3) is 0.267. The molecule has 2 rings (SSSR count). The van der Waals surface area contributed by atoms with E-state index in [2.05, 4.69) is 23.2 Å². The highest BCUT2D eigenvalue weighted by Crippen LogP contribution is 2.28. The van der Waals surface area contributed by atoms with E-state index in [4.69, 9.17) is 22.1 Å². The highest BCUT2D eigenvalue weighted by atomic mass is 35.5. The van der Waals surface area contributed by atoms with Gasteiger partial charge in [-0.05, 0) is 37.5 Å². The molecular formula is C15H17ClN2O. The number of halogens is 1. The first-order valence-electron chi connectivity index (χ1n) is 6.34. The molecule has 1 aliphatic carbocycles. The van der Waals surface area contributed by atoms with Crippen LogP contribution in [0.3, 0.4) is 0 Å². The third-order valence-corrected chi connectivity index (χ3v) is 2.97. The van der Waals surface area contributed by atoms with Gasteiger partial charge in [0, 0.05) is 5.69 Å². The number of hydrogen-bond donors (Lipinski definition) is 1. The van der Waals surface area contributed by atoms with E-state index < -0.39 is 0 Å². The summed E-state index contributed by atoms with van der Waals surface area (Å²) in [6, 6.07) is 1.63. The highest BCUT2D eigenvalue weighted by molar-refractivity contribution is 6.29. The van der Waals surface area contributed by atoms with Crippen LogP contribution in [0.1, 0.15) is 25.3 Å². The minimum atomic E-state index is 0.342. The molecule has 2 N–H and O–H groups in total. The summed E-state index contributed by atoms with van der Waals surface area (Å²) in [6.07, 6.45) is 12.6. The third kappa shape index (κ3) is 3.61. The molecule has 0 fully saturated rings. The smallest absolute Gasteiger partial charge is 0.224 e. The molecule has 100 valence electrons. The lowest BCUT2D eigenvalue weighted by molar-refractivity contribution is 0.326. The van der Waals surface area contributed by atoms with Crippen LogP contribution in [0.5, 0.6) is 5.88 Å². The molecule has 1 aromatic rings. The number of nitrogens with zero attached hydrogens (tertiary/aromatic N) is 1. The van der Waals surface area contributed by atoms with Crippen LogP contribution in [-0.4, -0.2) is 11.6 Å². The number of anilines is 1. The number of pyridine rings is 1. The van der Waals surface area contributed by atoms with Crippen LogP contribution in [0.2, 0.25) is 5.15 Å². The standard InChI is InChI=1S/C15H17ClN2O/c1-2-19-15-12(13(17)10-14(16)18-15)9-8-11-6-4-3-5-7-11/h4,6-10H,2-3,5H2,1H3,(H2,17,18)/b9-8+. The summed E-state index contributed by atoms with van der Waals surface area (Å²) in [4.78, 5) is 4.16. The summed E-state index contributed by atoms with van der Waals surface area (Å²) < 4.78 is 5.47. The van der Waals surface area contributed by atoms with Crippen molar-refractivity contribution in [1.29, 1.82) is 0 Å². The molecule has 19 heavy (non-hydrogen) atoms. The van der Waals surface area contributed by atoms with Gasteiger partial charge in [-0.2, -0.15) is 0 Å². The molecule has 0 radical (unpaired) electrons. The Kier molecular flexibility index (Phi) is 4.63. The van der Waals surface area contributed by atoms with Crippen LogP contribution in [0.25, 0.3) is 6.08 Å². The average molecular weight is 277 g/mol. The highest BCUT2D eigenvalue weighted by Gasteiger charge is 2.08. The molecule has 3 nitrogen and oxygen atoms in total. The van der Waals surface area contributed by atoms with Gasteiger partial charge in [-0.15, -0.1) is 0 Å². The topological polar surface area (TPSA) is 48.1 Å². The van der Waals surface area contributed by atoms with E-state index >= 15 is 0 Å². The second-order valence-electron chi connectivity index (χ2n) is 4.20. The summed E-state index contributed by atoms with van der Waals surface area (Å²) in [7, 11) is 0. The first-order valence-corrected chi connectivity index (χ1v) is 6.72. The average Bonchev–Trinajstić information content (AvgIpc) is 2.39. The molecule has 0 amide bonds. The number of nitrogen functional groups attached to an aromatic ring is 1. The Hall–Kier alpha value is -1.74. The molecule has 0 spiro atoms. The van der Waals surface area contributed by atoms with Crippen molar-refractivity contribution in [1.82, 2.24) is 4.98 Å². The summed E-state index contributed by atoms with van der Waals surface area (Å²) >= 11 is 5.89. The van der Waals surface area contributed by atoms with Gasteiger partial charge in [-0.3, -0.25) is 0 Å². The molecule has 4 heteroatoms. The zero-order valence-corrected chi connectivity index (χ0v) is 11.7. The summed E-state index contributed by atoms with van der Waals surface area (Å²) in [5, 5.41) is 0.342. The Balaban J connectivity index is 2.30. The van der Waals surface area contributed by atoms with Crippen LogP contribution in [0.4, 0.5) is 5.69 Å². The molecule has 1 heterocycles. The molecule has 1 aliphatic rings. The van der Waals surface area contributed by atoms with Crippen molar-refractivity contribution in [2.75, 3.05) is 12.3 Å². The molecule has 1 aromatic heterocycles. The van der Waals surface area contributed by atoms with E-state index in [1.807, 2.05) is 19.1 Å². The molecule has 0 atom stereocenters. The number of allylic oxidation sites excluding steroid dienone is 5. The summed E-state index contributed by atoms with van der Waals surface area (Å²) in [6.45, 7) is 2.43. The minimum absolute atomic E-state index is 0.342. The number of hydrogen-bond acceptors (Lipinski definition) is 3. The SMILES string of the molecule is CCOc1nc(Cl)cc(N)c1/C=C/C1=CCCC=C1. The first kappa shape index (κ1) is 13.7. The van der Waals surface area contributed by atoms with Crippen LogP contribution in [0, 0.1) is 0 Å². The Morgan fingerprint density at radius 3 is 2.95 bits per heavy atom. The van der Waals surface area contributed by atoms with Crippen molar-refractivity contribution in [2.24, 2.45) is 0 Å². The van der Waals surface area contributed by atoms with Gasteiger partial charge in [-0.1, -0.05) is 35.9 Å². The number of ether oxygens (including phenoxy) is 1. The lowest BCUT2D eigenvalue weighted by atomic mass is 10.1. The van der Waals surface area contributed by atoms with E-state index in [9.17, 15) is 0 Å². The van der Waals surface area contributed by atoms with Gasteiger partial charge in [0.1, 0.15) is 5.15 Å². The fourth-order valence-corrected chi connectivity index (χ4v) is 2.06. The quantitative estimate of drug-likeness (QED) is 0.846. The Labute approximate surface area is 118 Å². The van der Waals surface area contributed by atoms with Crippen LogP contribution in [-0.2, 0) is 0 Å². The second kappa shape index (κ2) is 6.43. The van der Waals surface area contributed by atoms with Gasteiger partial charge < -0.3 is 10.5 Å². The molecule has 0 aliphatic heterocycles. The van der Waals surface area contributed by atoms with Crippen LogP contribution >= 0.6 is 11.6 Å². The van der Waals surface area contributed by atoms with Crippen molar-refractivity contribution < 1.29 is 4.74 Å². The van der Waals surface area contributed by atoms with Crippen molar-refractivity contribution in [3.63, 3.8) is 0 Å². The lowest BCUT2D eigenvalue weighted by Gasteiger charge is -2.09. The maximum atomic E-state index is 5.97. The fourth-order valence-electron chi connectivity index (χ4n) is 1.87. The largest absolute Gasteiger partial charge is 0.477 e. The maximum absolute atomic E-state index is 5.97. The van der Waals surface area contributed by atoms with Gasteiger partial charge in [0.25, 0.3) is 0 Å². The van der Waals surface area contributed by atoms with Crippen molar-refractivity contribution in [3.8, 4) is 5.88 Å². The first-order chi connectivity index (χ1) is 9.20. The monoisotopic (exact) mass is 276 g/mol. The third-order valence-electron chi connectivity index (χ3n) is 2.77. The maximum Gasteiger partial charge on any atom is 0.224 e. The van der Waals surface area contributed by atoms with E-state index in [0.717, 1.165) is 18.4 Å². The second-order valence-corrected chi connectivity index (χ2v) is 4.59. The van der Waals surface area contributed by atoms with Crippen LogP contribution < -0.4 is 10.5 Å². The van der Waals surface area contributed by atoms with Gasteiger partial charge in [0.2, 0.25) is 5.88 Å². The zero-order valence-electron chi connectivity index (χ0n) is 10.9. The number of rotatable bonds is 4. The Bertz CT molecular complexity index is 547. The van der Waals surface area contributed by atoms with E-state index in [1.54, 1.807) is 6.07 Å². The minimum Gasteiger partial charge on any atom is -0.477 e. The Morgan fingerprint density at radius 1 is 1.42 bits per heavy atom. The molecular weight excluding hydrogens is 260 g/mol. The Morgan fingerprint density at radius 2 is 2.26 bits per heavy atom. The summed E-state index contributed by atoms with van der Waals surface area (Å²) in [5.41, 5.74) is 8.48. The predicted octanol–water partition coefficient (Wildman–Crippen LogP) is 4.01. The van der Waals surface area contributed by atoms with E-state index in [-0.39, 0.29) is 0 Å². The van der Waals surface area contributed by atoms with Gasteiger partial charge in [-0.25, -0.2) is 4.98 Å².